The van der Waals surface area contributed by atoms with Gasteiger partial charge in [-0.25, -0.2) is 0 Å². The summed E-state index contributed by atoms with van der Waals surface area (Å²) in [6, 6.07) is 0. The monoisotopic (exact) mass is 326 g/mol. The first-order valence-electron chi connectivity index (χ1n) is 9.62. The molecule has 0 rings (SSSR count). The van der Waals surface area contributed by atoms with Gasteiger partial charge in [-0.3, -0.25) is 0 Å². The smallest absolute Gasteiger partial charge is 0.106 e. The van der Waals surface area contributed by atoms with Crippen LogP contribution in [-0.2, 0) is 4.84 Å². The van der Waals surface area contributed by atoms with Gasteiger partial charge in [-0.15, -0.1) is 0 Å². The molecule has 0 amide bonds. The van der Waals surface area contributed by atoms with Gasteiger partial charge in [0, 0.05) is 0 Å². The molecule has 0 aromatic heterocycles. The van der Waals surface area contributed by atoms with Gasteiger partial charge in [0.05, 0.1) is 6.21 Å². The van der Waals surface area contributed by atoms with Gasteiger partial charge in [0.1, 0.15) is 12.8 Å². The van der Waals surface area contributed by atoms with Crippen molar-refractivity contribution in [1.29, 1.82) is 0 Å². The lowest BCUT2D eigenvalue weighted by Gasteiger charge is -2.03. The van der Waals surface area contributed by atoms with Crippen LogP contribution in [0.3, 0.4) is 0 Å². The van der Waals surface area contributed by atoms with Gasteiger partial charge < -0.3 is 10.0 Å². The lowest BCUT2D eigenvalue weighted by molar-refractivity contribution is 0.213. The Balaban J connectivity index is 3.23. The highest BCUT2D eigenvalue weighted by Crippen LogP contribution is 2.13. The molecule has 4 heteroatoms. The average molecular weight is 327 g/mol. The fourth-order valence-electron chi connectivity index (χ4n) is 2.82. The number of unbranched alkanes of at least 4 members (excludes halogenated alkanes) is 13. The zero-order valence-electron chi connectivity index (χ0n) is 15.4. The summed E-state index contributed by atoms with van der Waals surface area (Å²) in [5, 5.41) is 15.3. The van der Waals surface area contributed by atoms with Gasteiger partial charge in [-0.05, 0) is 12.8 Å². The second-order valence-corrected chi connectivity index (χ2v) is 6.36. The fraction of sp³-hybridized carbons (Fsp3) is 0.895. The summed E-state index contributed by atoms with van der Waals surface area (Å²) >= 11 is 0. The van der Waals surface area contributed by atoms with Crippen LogP contribution in [0.2, 0.25) is 0 Å². The summed E-state index contributed by atoms with van der Waals surface area (Å²) in [5.74, 6) is 0. The van der Waals surface area contributed by atoms with Crippen LogP contribution in [0.15, 0.2) is 10.3 Å². The van der Waals surface area contributed by atoms with Crippen LogP contribution >= 0.6 is 0 Å². The van der Waals surface area contributed by atoms with E-state index in [1.165, 1.54) is 96.8 Å². The maximum absolute atomic E-state index is 8.51. The van der Waals surface area contributed by atoms with Gasteiger partial charge in [0.15, 0.2) is 0 Å². The lowest BCUT2D eigenvalue weighted by atomic mass is 10.0. The second-order valence-electron chi connectivity index (χ2n) is 6.36. The number of nitrogens with zero attached hydrogens (tertiary/aromatic N) is 2. The normalized spacial score (nSPS) is 12.2. The van der Waals surface area contributed by atoms with Crippen LogP contribution in [0, 0.1) is 0 Å². The van der Waals surface area contributed by atoms with E-state index in [0.717, 1.165) is 12.8 Å². The predicted molar refractivity (Wildman–Crippen MR) is 99.7 cm³/mol. The molecule has 23 heavy (non-hydrogen) atoms. The molecular formula is C19H38N2O2. The Labute approximate surface area is 143 Å². The van der Waals surface area contributed by atoms with E-state index < -0.39 is 0 Å². The third kappa shape index (κ3) is 17.1. The fourth-order valence-corrected chi connectivity index (χ4v) is 2.82. The molecule has 0 saturated carbocycles. The zero-order valence-corrected chi connectivity index (χ0v) is 15.4. The average Bonchev–Trinajstić information content (AvgIpc) is 2.55. The van der Waals surface area contributed by atoms with E-state index in [2.05, 4.69) is 17.2 Å². The number of rotatable bonds is 17. The van der Waals surface area contributed by atoms with Crippen molar-refractivity contribution in [2.45, 2.75) is 103 Å². The molecular weight excluding hydrogens is 288 g/mol. The molecule has 4 nitrogen and oxygen atoms in total. The van der Waals surface area contributed by atoms with Gasteiger partial charge in [0.2, 0.25) is 0 Å². The van der Waals surface area contributed by atoms with E-state index in [-0.39, 0.29) is 0 Å². The van der Waals surface area contributed by atoms with Crippen LogP contribution < -0.4 is 0 Å². The summed E-state index contributed by atoms with van der Waals surface area (Å²) < 4.78 is 0. The Morgan fingerprint density at radius 1 is 0.783 bits per heavy atom. The summed E-state index contributed by atoms with van der Waals surface area (Å²) in [6.45, 7) is 2.27. The summed E-state index contributed by atoms with van der Waals surface area (Å²) in [7, 11) is 1.51. The molecule has 0 aromatic rings. The number of hydrogen-bond acceptors (Lipinski definition) is 4. The highest BCUT2D eigenvalue weighted by molar-refractivity contribution is 6.30. The molecule has 0 aliphatic heterocycles. The molecule has 1 N–H and O–H groups in total. The topological polar surface area (TPSA) is 54.2 Å². The Kier molecular flexibility index (Phi) is 18.1. The van der Waals surface area contributed by atoms with E-state index in [4.69, 9.17) is 10.0 Å². The molecule has 0 aromatic carbocycles. The van der Waals surface area contributed by atoms with Crippen LogP contribution in [-0.4, -0.2) is 24.2 Å². The minimum absolute atomic E-state index is 0.703. The Morgan fingerprint density at radius 3 is 1.61 bits per heavy atom. The van der Waals surface area contributed by atoms with Crippen LogP contribution in [0.5, 0.6) is 0 Å². The van der Waals surface area contributed by atoms with E-state index >= 15 is 0 Å². The van der Waals surface area contributed by atoms with Crippen molar-refractivity contribution >= 4 is 11.9 Å². The summed E-state index contributed by atoms with van der Waals surface area (Å²) in [6.07, 6.45) is 21.1. The molecule has 0 atom stereocenters. The van der Waals surface area contributed by atoms with Gasteiger partial charge >= 0.3 is 0 Å². The molecule has 0 unspecified atom stereocenters. The van der Waals surface area contributed by atoms with E-state index in [1.807, 2.05) is 0 Å². The first kappa shape index (κ1) is 21.9. The minimum Gasteiger partial charge on any atom is -0.411 e. The summed E-state index contributed by atoms with van der Waals surface area (Å²) in [4.78, 5) is 4.71. The molecule has 136 valence electrons. The van der Waals surface area contributed by atoms with Crippen molar-refractivity contribution in [2.75, 3.05) is 7.11 Å². The highest BCUT2D eigenvalue weighted by Gasteiger charge is 1.98. The quantitative estimate of drug-likeness (QED) is 0.147. The maximum atomic E-state index is 8.51. The molecule has 0 radical (unpaired) electrons. The Bertz CT molecular complexity index is 291. The largest absolute Gasteiger partial charge is 0.411 e. The number of oxime groups is 2. The maximum Gasteiger partial charge on any atom is 0.106 e. The van der Waals surface area contributed by atoms with Crippen molar-refractivity contribution in [3.63, 3.8) is 0 Å². The first-order valence-corrected chi connectivity index (χ1v) is 9.62. The van der Waals surface area contributed by atoms with Crippen molar-refractivity contribution in [1.82, 2.24) is 0 Å². The standard InChI is InChI=1S/C19H38N2O2/c1-3-4-5-6-7-8-9-10-11-12-13-14-15-16-17-19(18-20-22)21-23-2/h18,22H,3-17H2,1-2H3. The van der Waals surface area contributed by atoms with Crippen molar-refractivity contribution < 1.29 is 10.0 Å². The van der Waals surface area contributed by atoms with Gasteiger partial charge in [0.25, 0.3) is 0 Å². The molecule has 0 saturated heterocycles. The van der Waals surface area contributed by atoms with Crippen molar-refractivity contribution in [3.8, 4) is 0 Å². The lowest BCUT2D eigenvalue weighted by Crippen LogP contribution is -2.00. The molecule has 0 heterocycles. The van der Waals surface area contributed by atoms with Crippen molar-refractivity contribution in [2.24, 2.45) is 10.3 Å². The van der Waals surface area contributed by atoms with E-state index in [0.29, 0.717) is 5.71 Å². The SMILES string of the molecule is CCCCCCCCCCCCCCCCC(C=NO)=NOC. The third-order valence-electron chi connectivity index (χ3n) is 4.20. The van der Waals surface area contributed by atoms with E-state index in [9.17, 15) is 0 Å². The molecule has 0 fully saturated rings. The summed E-state index contributed by atoms with van der Waals surface area (Å²) in [5.41, 5.74) is 0.703. The van der Waals surface area contributed by atoms with E-state index in [1.54, 1.807) is 0 Å². The van der Waals surface area contributed by atoms with Gasteiger partial charge in [-0.1, -0.05) is 101 Å². The first-order chi connectivity index (χ1) is 11.3. The molecule has 0 aliphatic rings. The van der Waals surface area contributed by atoms with Crippen LogP contribution in [0.4, 0.5) is 0 Å². The van der Waals surface area contributed by atoms with Crippen LogP contribution in [0.25, 0.3) is 0 Å². The van der Waals surface area contributed by atoms with Crippen molar-refractivity contribution in [3.05, 3.63) is 0 Å². The molecule has 0 spiro atoms. The van der Waals surface area contributed by atoms with Crippen LogP contribution in [0.1, 0.15) is 103 Å². The number of hydrogen-bond donors (Lipinski definition) is 1. The molecule has 0 aliphatic carbocycles. The molecule has 0 bridgehead atoms. The zero-order chi connectivity index (χ0) is 17.0. The minimum atomic E-state index is 0.703. The Morgan fingerprint density at radius 2 is 1.22 bits per heavy atom. The second kappa shape index (κ2) is 19.0. The predicted octanol–water partition coefficient (Wildman–Crippen LogP) is 6.32. The Hall–Kier alpha value is -1.06. The highest BCUT2D eigenvalue weighted by atomic mass is 16.6. The van der Waals surface area contributed by atoms with Gasteiger partial charge in [-0.2, -0.15) is 0 Å². The third-order valence-corrected chi connectivity index (χ3v) is 4.20.